The number of fused-ring (bicyclic) bond motifs is 2. The summed E-state index contributed by atoms with van der Waals surface area (Å²) in [6, 6.07) is 11.7. The summed E-state index contributed by atoms with van der Waals surface area (Å²) in [6.07, 6.45) is 5.94. The lowest BCUT2D eigenvalue weighted by molar-refractivity contribution is 0.324. The molecule has 0 N–H and O–H groups in total. The fourth-order valence-corrected chi connectivity index (χ4v) is 4.01. The molecule has 7 heteroatoms. The van der Waals surface area contributed by atoms with Gasteiger partial charge in [0.2, 0.25) is 5.75 Å². The number of rotatable bonds is 10. The van der Waals surface area contributed by atoms with Crippen molar-refractivity contribution in [2.45, 2.75) is 45.6 Å². The molecule has 0 bridgehead atoms. The van der Waals surface area contributed by atoms with E-state index in [-0.39, 0.29) is 0 Å². The van der Waals surface area contributed by atoms with Crippen LogP contribution in [0.5, 0.6) is 17.2 Å². The van der Waals surface area contributed by atoms with Gasteiger partial charge < -0.3 is 18.8 Å². The number of unbranched alkanes of at least 4 members (excludes halogenated alkanes) is 4. The van der Waals surface area contributed by atoms with Gasteiger partial charge in [0, 0.05) is 12.1 Å². The van der Waals surface area contributed by atoms with Crippen LogP contribution in [0, 0.1) is 0 Å². The number of imidazole rings is 1. The van der Waals surface area contributed by atoms with E-state index in [9.17, 15) is 0 Å². The highest BCUT2D eigenvalue weighted by atomic mass is 16.5. The normalized spacial score (nSPS) is 11.2. The van der Waals surface area contributed by atoms with Crippen molar-refractivity contribution in [3.8, 4) is 28.6 Å². The summed E-state index contributed by atoms with van der Waals surface area (Å²) in [5, 5.41) is 0. The fraction of sp³-hybridized carbons (Fsp3) is 0.400. The van der Waals surface area contributed by atoms with Gasteiger partial charge in [0.1, 0.15) is 5.82 Å². The molecule has 0 aliphatic rings. The van der Waals surface area contributed by atoms with Crippen molar-refractivity contribution >= 4 is 22.3 Å². The smallest absolute Gasteiger partial charge is 0.203 e. The minimum absolute atomic E-state index is 0.558. The minimum Gasteiger partial charge on any atom is -0.493 e. The van der Waals surface area contributed by atoms with Crippen LogP contribution in [0.25, 0.3) is 33.7 Å². The summed E-state index contributed by atoms with van der Waals surface area (Å²) in [5.41, 5.74) is 4.01. The third-order valence-corrected chi connectivity index (χ3v) is 5.67. The standard InChI is InChI=1S/C25H30N4O3/c1-5-6-7-8-11-14-29-24(17-15-20(30-2)22(32-4)21(16-17)31-3)28-23-25(29)27-19-13-10-9-12-18(19)26-23/h9-10,12-13,15-16H,5-8,11,14H2,1-4H3. The SMILES string of the molecule is CCCCCCCn1c(-c2cc(OC)c(OC)c(OC)c2)nc2nc3ccccc3nc21. The third-order valence-electron chi connectivity index (χ3n) is 5.67. The van der Waals surface area contributed by atoms with E-state index in [4.69, 9.17) is 29.2 Å². The molecule has 4 aromatic rings. The predicted molar refractivity (Wildman–Crippen MR) is 127 cm³/mol. The average molecular weight is 435 g/mol. The predicted octanol–water partition coefficient (Wildman–Crippen LogP) is 5.64. The van der Waals surface area contributed by atoms with E-state index in [0.29, 0.717) is 22.9 Å². The lowest BCUT2D eigenvalue weighted by atomic mass is 10.1. The van der Waals surface area contributed by atoms with Gasteiger partial charge in [0.15, 0.2) is 22.8 Å². The summed E-state index contributed by atoms with van der Waals surface area (Å²) in [4.78, 5) is 14.6. The maximum atomic E-state index is 5.57. The van der Waals surface area contributed by atoms with Crippen LogP contribution in [-0.2, 0) is 6.54 Å². The van der Waals surface area contributed by atoms with Gasteiger partial charge >= 0.3 is 0 Å². The van der Waals surface area contributed by atoms with Gasteiger partial charge in [-0.15, -0.1) is 0 Å². The highest BCUT2D eigenvalue weighted by Crippen LogP contribution is 2.41. The minimum atomic E-state index is 0.558. The van der Waals surface area contributed by atoms with Crippen LogP contribution in [0.15, 0.2) is 36.4 Å². The molecule has 0 spiro atoms. The van der Waals surface area contributed by atoms with Crippen molar-refractivity contribution in [2.24, 2.45) is 0 Å². The number of ether oxygens (including phenoxy) is 3. The number of nitrogens with zero attached hydrogens (tertiary/aromatic N) is 4. The van der Waals surface area contributed by atoms with Gasteiger partial charge in [-0.1, -0.05) is 44.7 Å². The molecule has 4 rings (SSSR count). The topological polar surface area (TPSA) is 71.3 Å². The molecule has 0 aliphatic heterocycles. The average Bonchev–Trinajstić information content (AvgIpc) is 3.18. The van der Waals surface area contributed by atoms with Crippen molar-refractivity contribution in [2.75, 3.05) is 21.3 Å². The van der Waals surface area contributed by atoms with E-state index >= 15 is 0 Å². The van der Waals surface area contributed by atoms with Crippen LogP contribution >= 0.6 is 0 Å². The quantitative estimate of drug-likeness (QED) is 0.301. The first-order valence-electron chi connectivity index (χ1n) is 11.1. The number of aryl methyl sites for hydroxylation is 1. The zero-order valence-electron chi connectivity index (χ0n) is 19.2. The van der Waals surface area contributed by atoms with Crippen LogP contribution in [0.2, 0.25) is 0 Å². The van der Waals surface area contributed by atoms with Crippen LogP contribution < -0.4 is 14.2 Å². The first kappa shape index (κ1) is 21.9. The maximum absolute atomic E-state index is 5.57. The molecule has 0 amide bonds. The summed E-state index contributed by atoms with van der Waals surface area (Å²) >= 11 is 0. The Morgan fingerprint density at radius 1 is 0.781 bits per heavy atom. The van der Waals surface area contributed by atoms with Crippen molar-refractivity contribution in [3.63, 3.8) is 0 Å². The molecular weight excluding hydrogens is 404 g/mol. The van der Waals surface area contributed by atoms with Crippen molar-refractivity contribution in [3.05, 3.63) is 36.4 Å². The van der Waals surface area contributed by atoms with Gasteiger partial charge in [-0.2, -0.15) is 0 Å². The first-order valence-corrected chi connectivity index (χ1v) is 11.1. The van der Waals surface area contributed by atoms with E-state index in [1.54, 1.807) is 21.3 Å². The second kappa shape index (κ2) is 9.85. The Morgan fingerprint density at radius 2 is 1.44 bits per heavy atom. The molecule has 0 fully saturated rings. The van der Waals surface area contributed by atoms with Crippen LogP contribution in [0.1, 0.15) is 39.0 Å². The van der Waals surface area contributed by atoms with Gasteiger partial charge in [0.25, 0.3) is 0 Å². The molecule has 0 unspecified atom stereocenters. The third kappa shape index (κ3) is 4.20. The number of hydrogen-bond acceptors (Lipinski definition) is 6. The Morgan fingerprint density at radius 3 is 2.06 bits per heavy atom. The lowest BCUT2D eigenvalue weighted by Crippen LogP contribution is -2.03. The van der Waals surface area contributed by atoms with E-state index in [1.807, 2.05) is 36.4 Å². The maximum Gasteiger partial charge on any atom is 0.203 e. The van der Waals surface area contributed by atoms with Gasteiger partial charge in [-0.05, 0) is 30.7 Å². The molecule has 0 saturated heterocycles. The molecule has 168 valence electrons. The molecule has 32 heavy (non-hydrogen) atoms. The zero-order valence-corrected chi connectivity index (χ0v) is 19.2. The van der Waals surface area contributed by atoms with E-state index < -0.39 is 0 Å². The van der Waals surface area contributed by atoms with Gasteiger partial charge in [-0.25, -0.2) is 15.0 Å². The first-order chi connectivity index (χ1) is 15.7. The van der Waals surface area contributed by atoms with E-state index in [2.05, 4.69) is 11.5 Å². The largest absolute Gasteiger partial charge is 0.493 e. The van der Waals surface area contributed by atoms with E-state index in [0.717, 1.165) is 41.0 Å². The number of aromatic nitrogens is 4. The Kier molecular flexibility index (Phi) is 6.73. The summed E-state index contributed by atoms with van der Waals surface area (Å²) in [5.74, 6) is 2.54. The van der Waals surface area contributed by atoms with Gasteiger partial charge in [0.05, 0.1) is 32.4 Å². The molecule has 2 heterocycles. The van der Waals surface area contributed by atoms with Crippen molar-refractivity contribution in [1.29, 1.82) is 0 Å². The monoisotopic (exact) mass is 434 g/mol. The summed E-state index contributed by atoms with van der Waals surface area (Å²) in [7, 11) is 4.84. The van der Waals surface area contributed by atoms with E-state index in [1.165, 1.54) is 25.7 Å². The summed E-state index contributed by atoms with van der Waals surface area (Å²) in [6.45, 7) is 3.05. The van der Waals surface area contributed by atoms with Crippen LogP contribution in [0.4, 0.5) is 0 Å². The number of methoxy groups -OCH3 is 3. The van der Waals surface area contributed by atoms with Crippen molar-refractivity contribution < 1.29 is 14.2 Å². The van der Waals surface area contributed by atoms with Gasteiger partial charge in [-0.3, -0.25) is 0 Å². The number of para-hydroxylation sites is 2. The number of hydrogen-bond donors (Lipinski definition) is 0. The molecule has 2 aromatic heterocycles. The molecule has 0 aliphatic carbocycles. The lowest BCUT2D eigenvalue weighted by Gasteiger charge is -2.15. The molecular formula is C25H30N4O3. The molecule has 2 aromatic carbocycles. The molecule has 0 radical (unpaired) electrons. The Labute approximate surface area is 188 Å². The van der Waals surface area contributed by atoms with Crippen LogP contribution in [0.3, 0.4) is 0 Å². The number of benzene rings is 2. The second-order valence-corrected chi connectivity index (χ2v) is 7.77. The van der Waals surface area contributed by atoms with Crippen molar-refractivity contribution in [1.82, 2.24) is 19.5 Å². The molecule has 0 saturated carbocycles. The Hall–Kier alpha value is -3.35. The molecule has 7 nitrogen and oxygen atoms in total. The fourth-order valence-electron chi connectivity index (χ4n) is 4.01. The Bertz CT molecular complexity index is 1190. The highest BCUT2D eigenvalue weighted by Gasteiger charge is 2.20. The molecule has 0 atom stereocenters. The van der Waals surface area contributed by atoms with Crippen LogP contribution in [-0.4, -0.2) is 40.8 Å². The Balaban J connectivity index is 1.85. The zero-order chi connectivity index (χ0) is 22.5. The second-order valence-electron chi connectivity index (χ2n) is 7.77. The summed E-state index contributed by atoms with van der Waals surface area (Å²) < 4.78 is 18.8. The highest BCUT2D eigenvalue weighted by molar-refractivity contribution is 5.85.